The van der Waals surface area contributed by atoms with Crippen molar-refractivity contribution in [1.29, 1.82) is 0 Å². The van der Waals surface area contributed by atoms with Gasteiger partial charge in [-0.05, 0) is 37.3 Å². The van der Waals surface area contributed by atoms with Crippen LogP contribution >= 0.6 is 0 Å². The Morgan fingerprint density at radius 2 is 1.24 bits per heavy atom. The van der Waals surface area contributed by atoms with Crippen molar-refractivity contribution in [2.24, 2.45) is 0 Å². The average Bonchev–Trinajstić information content (AvgIpc) is 2.63. The summed E-state index contributed by atoms with van der Waals surface area (Å²) in [6, 6.07) is 17.4. The highest BCUT2D eigenvalue weighted by atomic mass is 16.3. The highest BCUT2D eigenvalue weighted by molar-refractivity contribution is 6.15. The lowest BCUT2D eigenvalue weighted by Gasteiger charge is -2.09. The van der Waals surface area contributed by atoms with Gasteiger partial charge >= 0.3 is 0 Å². The fourth-order valence-corrected chi connectivity index (χ4v) is 2.59. The number of benzene rings is 3. The summed E-state index contributed by atoms with van der Waals surface area (Å²) in [5, 5.41) is 20.0. The lowest BCUT2D eigenvalue weighted by Crippen LogP contribution is -2.06. The van der Waals surface area contributed by atoms with Gasteiger partial charge in [0.15, 0.2) is 11.6 Å². The maximum atomic E-state index is 12.7. The monoisotopic (exact) mass is 332 g/mol. The van der Waals surface area contributed by atoms with Crippen LogP contribution in [-0.4, -0.2) is 21.8 Å². The molecule has 124 valence electrons. The number of carbonyl (C=O) groups excluding carboxylic acids is 2. The molecule has 0 atom stereocenters. The molecule has 2 N–H and O–H groups in total. The third kappa shape index (κ3) is 3.28. The van der Waals surface area contributed by atoms with Crippen molar-refractivity contribution in [1.82, 2.24) is 0 Å². The first kappa shape index (κ1) is 16.5. The van der Waals surface area contributed by atoms with Crippen LogP contribution in [0.4, 0.5) is 0 Å². The number of phenolic OH excluding ortho intramolecular Hbond substituents is 2. The Bertz CT molecular complexity index is 959. The Kier molecular flexibility index (Phi) is 4.35. The molecule has 0 aliphatic rings. The van der Waals surface area contributed by atoms with E-state index in [1.54, 1.807) is 42.5 Å². The van der Waals surface area contributed by atoms with Crippen LogP contribution < -0.4 is 0 Å². The summed E-state index contributed by atoms with van der Waals surface area (Å²) in [6.07, 6.45) is 0. The SMILES string of the molecule is Cc1ccc(O)c(C(=O)c2ccc(O)c(C(=O)c3ccccc3)c2)c1. The minimum atomic E-state index is -0.414. The van der Waals surface area contributed by atoms with Crippen molar-refractivity contribution >= 4 is 11.6 Å². The van der Waals surface area contributed by atoms with Gasteiger partial charge in [0.1, 0.15) is 11.5 Å². The van der Waals surface area contributed by atoms with Crippen molar-refractivity contribution < 1.29 is 19.8 Å². The molecule has 4 nitrogen and oxygen atoms in total. The quantitative estimate of drug-likeness (QED) is 0.711. The predicted molar refractivity (Wildman–Crippen MR) is 94.3 cm³/mol. The lowest BCUT2D eigenvalue weighted by atomic mass is 9.96. The molecule has 0 aliphatic heterocycles. The van der Waals surface area contributed by atoms with Crippen LogP contribution in [-0.2, 0) is 0 Å². The second kappa shape index (κ2) is 6.61. The van der Waals surface area contributed by atoms with Crippen LogP contribution in [0.3, 0.4) is 0 Å². The molecule has 0 amide bonds. The van der Waals surface area contributed by atoms with Gasteiger partial charge in [0.05, 0.1) is 11.1 Å². The molecule has 3 aromatic rings. The topological polar surface area (TPSA) is 74.6 Å². The molecule has 0 aliphatic carbocycles. The van der Waals surface area contributed by atoms with Gasteiger partial charge in [-0.2, -0.15) is 0 Å². The van der Waals surface area contributed by atoms with Crippen molar-refractivity contribution in [3.8, 4) is 11.5 Å². The Morgan fingerprint density at radius 3 is 1.92 bits per heavy atom. The molecule has 0 radical (unpaired) electrons. The second-order valence-electron chi connectivity index (χ2n) is 5.78. The minimum absolute atomic E-state index is 0.0455. The number of carbonyl (C=O) groups is 2. The smallest absolute Gasteiger partial charge is 0.196 e. The molecular weight excluding hydrogens is 316 g/mol. The van der Waals surface area contributed by atoms with E-state index in [9.17, 15) is 19.8 Å². The fraction of sp³-hybridized carbons (Fsp3) is 0.0476. The van der Waals surface area contributed by atoms with E-state index in [1.165, 1.54) is 24.3 Å². The summed E-state index contributed by atoms with van der Waals surface area (Å²) < 4.78 is 0. The molecule has 4 heteroatoms. The van der Waals surface area contributed by atoms with E-state index in [4.69, 9.17) is 0 Å². The van der Waals surface area contributed by atoms with Gasteiger partial charge in [-0.3, -0.25) is 9.59 Å². The zero-order valence-corrected chi connectivity index (χ0v) is 13.6. The molecule has 0 fully saturated rings. The summed E-state index contributed by atoms with van der Waals surface area (Å²) in [7, 11) is 0. The molecule has 0 heterocycles. The van der Waals surface area contributed by atoms with Gasteiger partial charge in [0, 0.05) is 11.1 Å². The summed E-state index contributed by atoms with van der Waals surface area (Å²) in [4.78, 5) is 25.3. The largest absolute Gasteiger partial charge is 0.507 e. The zero-order chi connectivity index (χ0) is 18.0. The third-order valence-electron chi connectivity index (χ3n) is 3.94. The van der Waals surface area contributed by atoms with Crippen LogP contribution in [0.25, 0.3) is 0 Å². The number of phenols is 2. The number of aromatic hydroxyl groups is 2. The van der Waals surface area contributed by atoms with Gasteiger partial charge in [-0.25, -0.2) is 0 Å². The lowest BCUT2D eigenvalue weighted by molar-refractivity contribution is 0.103. The molecule has 0 saturated carbocycles. The molecule has 0 spiro atoms. The standard InChI is InChI=1S/C21H16O4/c1-13-7-9-18(22)16(11-13)21(25)15-8-10-19(23)17(12-15)20(24)14-5-3-2-4-6-14/h2-12,22-23H,1H3. The maximum absolute atomic E-state index is 12.7. The normalized spacial score (nSPS) is 10.4. The van der Waals surface area contributed by atoms with E-state index in [1.807, 2.05) is 6.92 Å². The molecular formula is C21H16O4. The Balaban J connectivity index is 2.03. The minimum Gasteiger partial charge on any atom is -0.507 e. The third-order valence-corrected chi connectivity index (χ3v) is 3.94. The number of rotatable bonds is 4. The van der Waals surface area contributed by atoms with E-state index < -0.39 is 5.78 Å². The van der Waals surface area contributed by atoms with Gasteiger partial charge in [0.25, 0.3) is 0 Å². The van der Waals surface area contributed by atoms with Gasteiger partial charge in [-0.1, -0.05) is 42.0 Å². The maximum Gasteiger partial charge on any atom is 0.196 e. The number of ketones is 2. The van der Waals surface area contributed by atoms with E-state index in [2.05, 4.69) is 0 Å². The van der Waals surface area contributed by atoms with Crippen LogP contribution in [0.15, 0.2) is 66.7 Å². The van der Waals surface area contributed by atoms with Crippen molar-refractivity contribution in [2.75, 3.05) is 0 Å². The van der Waals surface area contributed by atoms with Crippen LogP contribution in [0.1, 0.15) is 37.4 Å². The second-order valence-corrected chi connectivity index (χ2v) is 5.78. The van der Waals surface area contributed by atoms with Gasteiger partial charge in [0.2, 0.25) is 0 Å². The van der Waals surface area contributed by atoms with Crippen LogP contribution in [0, 0.1) is 6.92 Å². The fourth-order valence-electron chi connectivity index (χ4n) is 2.59. The van der Waals surface area contributed by atoms with Gasteiger partial charge in [-0.15, -0.1) is 0 Å². The summed E-state index contributed by atoms with van der Waals surface area (Å²) >= 11 is 0. The highest BCUT2D eigenvalue weighted by Crippen LogP contribution is 2.26. The van der Waals surface area contributed by atoms with Crippen molar-refractivity contribution in [3.05, 3.63) is 94.5 Å². The van der Waals surface area contributed by atoms with E-state index in [-0.39, 0.29) is 34.0 Å². The summed E-state index contributed by atoms with van der Waals surface area (Å²) in [5.41, 5.74) is 1.67. The molecule has 3 aromatic carbocycles. The number of aryl methyl sites for hydroxylation is 1. The predicted octanol–water partition coefficient (Wildman–Crippen LogP) is 3.87. The van der Waals surface area contributed by atoms with Crippen molar-refractivity contribution in [2.45, 2.75) is 6.92 Å². The van der Waals surface area contributed by atoms with Crippen LogP contribution in [0.5, 0.6) is 11.5 Å². The first-order valence-electron chi connectivity index (χ1n) is 7.74. The van der Waals surface area contributed by atoms with E-state index in [0.29, 0.717) is 5.56 Å². The summed E-state index contributed by atoms with van der Waals surface area (Å²) in [6.45, 7) is 1.82. The van der Waals surface area contributed by atoms with Crippen molar-refractivity contribution in [3.63, 3.8) is 0 Å². The number of hydrogen-bond acceptors (Lipinski definition) is 4. The van der Waals surface area contributed by atoms with E-state index in [0.717, 1.165) is 5.56 Å². The van der Waals surface area contributed by atoms with Gasteiger partial charge < -0.3 is 10.2 Å². The number of hydrogen-bond donors (Lipinski definition) is 2. The first-order valence-corrected chi connectivity index (χ1v) is 7.74. The molecule has 25 heavy (non-hydrogen) atoms. The first-order chi connectivity index (χ1) is 12.0. The molecule has 3 rings (SSSR count). The molecule has 0 saturated heterocycles. The van der Waals surface area contributed by atoms with E-state index >= 15 is 0 Å². The Morgan fingerprint density at radius 1 is 0.680 bits per heavy atom. The highest BCUT2D eigenvalue weighted by Gasteiger charge is 2.19. The zero-order valence-electron chi connectivity index (χ0n) is 13.6. The molecule has 0 aromatic heterocycles. The van der Waals surface area contributed by atoms with Crippen LogP contribution in [0.2, 0.25) is 0 Å². The Hall–Kier alpha value is -3.40. The molecule has 0 bridgehead atoms. The summed E-state index contributed by atoms with van der Waals surface area (Å²) in [5.74, 6) is -1.11. The average molecular weight is 332 g/mol. The molecule has 0 unspecified atom stereocenters. The Labute approximate surface area is 145 Å².